The number of ether oxygens (including phenoxy) is 1. The van der Waals surface area contributed by atoms with Crippen molar-refractivity contribution in [1.29, 1.82) is 0 Å². The summed E-state index contributed by atoms with van der Waals surface area (Å²) in [6.45, 7) is 25.2. The molecule has 216 valence electrons. The summed E-state index contributed by atoms with van der Waals surface area (Å²) in [5, 5.41) is 5.91. The summed E-state index contributed by atoms with van der Waals surface area (Å²) in [6.07, 6.45) is 0.976. The molecule has 0 spiro atoms. The topological polar surface area (TPSA) is 87.7 Å². The lowest BCUT2D eigenvalue weighted by Crippen LogP contribution is -2.58. The molecule has 3 amide bonds. The van der Waals surface area contributed by atoms with E-state index >= 15 is 0 Å². The van der Waals surface area contributed by atoms with Crippen LogP contribution >= 0.6 is 0 Å². The number of aryl methyl sites for hydroxylation is 2. The maximum atomic E-state index is 14.4. The van der Waals surface area contributed by atoms with Crippen molar-refractivity contribution in [2.24, 2.45) is 11.8 Å². The highest BCUT2D eigenvalue weighted by Crippen LogP contribution is 2.30. The summed E-state index contributed by atoms with van der Waals surface area (Å²) in [5.74, 6) is -0.319. The number of nitrogens with one attached hydrogen (secondary N) is 2. The zero-order valence-electron chi connectivity index (χ0n) is 26.1. The van der Waals surface area contributed by atoms with Crippen molar-refractivity contribution in [3.8, 4) is 0 Å². The number of carbonyl (C=O) groups excluding carboxylic acids is 3. The van der Waals surface area contributed by atoms with Crippen LogP contribution in [0, 0.1) is 25.7 Å². The first-order chi connectivity index (χ1) is 17.2. The monoisotopic (exact) mass is 531 g/mol. The fourth-order valence-electron chi connectivity index (χ4n) is 4.47. The molecule has 0 saturated carbocycles. The molecule has 0 aromatic heterocycles. The molecule has 7 nitrogen and oxygen atoms in total. The highest BCUT2D eigenvalue weighted by molar-refractivity contribution is 5.92. The average Bonchev–Trinajstić information content (AvgIpc) is 2.69. The van der Waals surface area contributed by atoms with Crippen molar-refractivity contribution in [3.05, 3.63) is 34.9 Å². The van der Waals surface area contributed by atoms with E-state index in [2.05, 4.69) is 30.5 Å². The standard InChI is InChI=1S/C31H53N3O4/c1-19(2)14-15-23(7)34(28(36)25(20(3)4)32-29(37)38-31(11,12)13)26(27(35)33-30(8,9)10)24-17-21(5)16-22(6)18-24/h16-20,23,25-26H,14-15H2,1-13H3,(H,32,37)(H,33,35). The summed E-state index contributed by atoms with van der Waals surface area (Å²) in [4.78, 5) is 42.8. The molecule has 0 fully saturated rings. The van der Waals surface area contributed by atoms with Gasteiger partial charge in [0, 0.05) is 11.6 Å². The van der Waals surface area contributed by atoms with Gasteiger partial charge in [-0.2, -0.15) is 0 Å². The number of nitrogens with zero attached hydrogens (tertiary/aromatic N) is 1. The molecule has 38 heavy (non-hydrogen) atoms. The van der Waals surface area contributed by atoms with Gasteiger partial charge in [-0.15, -0.1) is 0 Å². The van der Waals surface area contributed by atoms with Gasteiger partial charge in [0.25, 0.3) is 0 Å². The Labute approximate surface area is 231 Å². The summed E-state index contributed by atoms with van der Waals surface area (Å²) >= 11 is 0. The lowest BCUT2D eigenvalue weighted by Gasteiger charge is -2.40. The molecular weight excluding hydrogens is 478 g/mol. The lowest BCUT2D eigenvalue weighted by molar-refractivity contribution is -0.146. The van der Waals surface area contributed by atoms with Gasteiger partial charge in [-0.3, -0.25) is 9.59 Å². The first-order valence-electron chi connectivity index (χ1n) is 13.9. The Morgan fingerprint density at radius 3 is 1.82 bits per heavy atom. The van der Waals surface area contributed by atoms with Gasteiger partial charge in [-0.1, -0.05) is 57.0 Å². The normalized spacial score (nSPS) is 14.6. The minimum absolute atomic E-state index is 0.222. The van der Waals surface area contributed by atoms with Crippen molar-refractivity contribution >= 4 is 17.9 Å². The lowest BCUT2D eigenvalue weighted by atomic mass is 9.93. The van der Waals surface area contributed by atoms with Gasteiger partial charge in [0.05, 0.1) is 0 Å². The first-order valence-corrected chi connectivity index (χ1v) is 13.9. The van der Waals surface area contributed by atoms with Gasteiger partial charge in [0.2, 0.25) is 11.8 Å². The molecule has 2 N–H and O–H groups in total. The minimum Gasteiger partial charge on any atom is -0.444 e. The van der Waals surface area contributed by atoms with Crippen molar-refractivity contribution in [3.63, 3.8) is 0 Å². The molecule has 0 bridgehead atoms. The molecule has 0 radical (unpaired) electrons. The van der Waals surface area contributed by atoms with Crippen LogP contribution < -0.4 is 10.6 Å². The largest absolute Gasteiger partial charge is 0.444 e. The average molecular weight is 532 g/mol. The zero-order valence-corrected chi connectivity index (χ0v) is 26.1. The summed E-state index contributed by atoms with van der Waals surface area (Å²) in [7, 11) is 0. The van der Waals surface area contributed by atoms with Crippen LogP contribution in [0.2, 0.25) is 0 Å². The number of benzene rings is 1. The predicted molar refractivity (Wildman–Crippen MR) is 155 cm³/mol. The Balaban J connectivity index is 3.71. The van der Waals surface area contributed by atoms with E-state index in [1.807, 2.05) is 67.5 Å². The fourth-order valence-corrected chi connectivity index (χ4v) is 4.47. The molecule has 7 heteroatoms. The highest BCUT2D eigenvalue weighted by atomic mass is 16.6. The highest BCUT2D eigenvalue weighted by Gasteiger charge is 2.40. The van der Waals surface area contributed by atoms with E-state index in [9.17, 15) is 14.4 Å². The minimum atomic E-state index is -0.859. The molecule has 0 saturated heterocycles. The van der Waals surface area contributed by atoms with Crippen molar-refractivity contribution in [2.45, 2.75) is 132 Å². The zero-order chi connectivity index (χ0) is 29.6. The molecular formula is C31H53N3O4. The van der Waals surface area contributed by atoms with Crippen LogP contribution in [-0.2, 0) is 14.3 Å². The Morgan fingerprint density at radius 1 is 0.868 bits per heavy atom. The summed E-state index contributed by atoms with van der Waals surface area (Å²) in [6, 6.07) is 4.04. The molecule has 0 aliphatic carbocycles. The van der Waals surface area contributed by atoms with Crippen LogP contribution in [0.1, 0.15) is 112 Å². The second-order valence-electron chi connectivity index (χ2n) is 13.5. The quantitative estimate of drug-likeness (QED) is 0.363. The molecule has 1 aromatic rings. The smallest absolute Gasteiger partial charge is 0.408 e. The maximum Gasteiger partial charge on any atom is 0.408 e. The number of alkyl carbamates (subject to hydrolysis) is 1. The van der Waals surface area contributed by atoms with Gasteiger partial charge < -0.3 is 20.3 Å². The maximum absolute atomic E-state index is 14.4. The third kappa shape index (κ3) is 11.0. The molecule has 3 atom stereocenters. The molecule has 0 heterocycles. The predicted octanol–water partition coefficient (Wildman–Crippen LogP) is 6.46. The van der Waals surface area contributed by atoms with E-state index in [1.54, 1.807) is 25.7 Å². The molecule has 1 aromatic carbocycles. The third-order valence-electron chi connectivity index (χ3n) is 6.08. The Morgan fingerprint density at radius 2 is 1.39 bits per heavy atom. The van der Waals surface area contributed by atoms with Crippen LogP contribution in [0.3, 0.4) is 0 Å². The second kappa shape index (κ2) is 13.5. The van der Waals surface area contributed by atoms with Crippen molar-refractivity contribution in [2.75, 3.05) is 0 Å². The number of rotatable bonds is 10. The number of amides is 3. The number of hydrogen-bond donors (Lipinski definition) is 2. The Bertz CT molecular complexity index is 937. The van der Waals surface area contributed by atoms with Gasteiger partial charge in [-0.05, 0) is 92.6 Å². The molecule has 0 aliphatic heterocycles. The van der Waals surface area contributed by atoms with Gasteiger partial charge in [0.1, 0.15) is 17.7 Å². The van der Waals surface area contributed by atoms with E-state index in [0.717, 1.165) is 29.5 Å². The number of hydrogen-bond acceptors (Lipinski definition) is 4. The van der Waals surface area contributed by atoms with E-state index in [0.29, 0.717) is 5.92 Å². The fraction of sp³-hybridized carbons (Fsp3) is 0.710. The molecule has 1 rings (SSSR count). The van der Waals surface area contributed by atoms with Gasteiger partial charge >= 0.3 is 6.09 Å². The van der Waals surface area contributed by atoms with Crippen molar-refractivity contribution in [1.82, 2.24) is 15.5 Å². The van der Waals surface area contributed by atoms with Gasteiger partial charge in [0.15, 0.2) is 0 Å². The van der Waals surface area contributed by atoms with Crippen LogP contribution in [-0.4, -0.2) is 46.0 Å². The summed E-state index contributed by atoms with van der Waals surface area (Å²) in [5.41, 5.74) is 1.60. The number of carbonyl (C=O) groups is 3. The van der Waals surface area contributed by atoms with Crippen LogP contribution in [0.4, 0.5) is 4.79 Å². The SMILES string of the molecule is Cc1cc(C)cc(C(C(=O)NC(C)(C)C)N(C(=O)C(NC(=O)OC(C)(C)C)C(C)C)C(C)CCC(C)C)c1. The summed E-state index contributed by atoms with van der Waals surface area (Å²) < 4.78 is 5.48. The first kappa shape index (κ1) is 33.5. The third-order valence-corrected chi connectivity index (χ3v) is 6.08. The van der Waals surface area contributed by atoms with E-state index in [4.69, 9.17) is 4.74 Å². The van der Waals surface area contributed by atoms with E-state index in [-0.39, 0.29) is 23.8 Å². The van der Waals surface area contributed by atoms with Crippen LogP contribution in [0.25, 0.3) is 0 Å². The Hall–Kier alpha value is -2.57. The van der Waals surface area contributed by atoms with Crippen LogP contribution in [0.15, 0.2) is 18.2 Å². The van der Waals surface area contributed by atoms with E-state index in [1.165, 1.54) is 0 Å². The van der Waals surface area contributed by atoms with Gasteiger partial charge in [-0.25, -0.2) is 4.79 Å². The Kier molecular flexibility index (Phi) is 11.9. The molecule has 0 aliphatic rings. The second-order valence-corrected chi connectivity index (χ2v) is 13.5. The van der Waals surface area contributed by atoms with E-state index < -0.39 is 29.3 Å². The van der Waals surface area contributed by atoms with Crippen molar-refractivity contribution < 1.29 is 19.1 Å². The molecule has 3 unspecified atom stereocenters. The van der Waals surface area contributed by atoms with Crippen LogP contribution in [0.5, 0.6) is 0 Å².